The SMILES string of the molecule is CC(C)C1=C2C3CCC4C(C)(CCC5C(C)(C)C(CC(=O)C6CC(C(=O)O)C6C)CCC54C)C3CCC2(CCN(CCN(C)C)Cc2nccs2)CC1=O. The quantitative estimate of drug-likeness (QED) is 0.214. The molecule has 1 heterocycles. The number of hydrogen-bond acceptors (Lipinski definition) is 7. The first-order valence-electron chi connectivity index (χ1n) is 21.7. The maximum absolute atomic E-state index is 14.2. The van der Waals surface area contributed by atoms with E-state index in [1.165, 1.54) is 49.1 Å². The molecule has 0 amide bonds. The lowest BCUT2D eigenvalue weighted by Gasteiger charge is -2.69. The molecule has 0 bridgehead atoms. The van der Waals surface area contributed by atoms with E-state index in [1.54, 1.807) is 16.9 Å². The van der Waals surface area contributed by atoms with Crippen molar-refractivity contribution in [2.45, 2.75) is 132 Å². The van der Waals surface area contributed by atoms with Crippen molar-refractivity contribution in [2.75, 3.05) is 33.7 Å². The number of rotatable bonds is 13. The number of carboxylic acids is 1. The van der Waals surface area contributed by atoms with E-state index < -0.39 is 5.97 Å². The van der Waals surface area contributed by atoms with Gasteiger partial charge in [0, 0.05) is 48.8 Å². The average molecular weight is 762 g/mol. The number of carbonyl (C=O) groups is 3. The fraction of sp³-hybridized carbons (Fsp3) is 0.826. The first-order chi connectivity index (χ1) is 25.4. The molecule has 7 nitrogen and oxygen atoms in total. The molecular formula is C46H71N3O4S. The van der Waals surface area contributed by atoms with Crippen LogP contribution in [0.2, 0.25) is 0 Å². The maximum atomic E-state index is 14.2. The van der Waals surface area contributed by atoms with Crippen molar-refractivity contribution in [1.29, 1.82) is 0 Å². The van der Waals surface area contributed by atoms with E-state index in [0.29, 0.717) is 60.4 Å². The molecule has 1 aromatic rings. The van der Waals surface area contributed by atoms with Crippen LogP contribution in [-0.2, 0) is 20.9 Å². The predicted molar refractivity (Wildman–Crippen MR) is 217 cm³/mol. The Hall–Kier alpha value is -1.90. The van der Waals surface area contributed by atoms with E-state index in [4.69, 9.17) is 0 Å². The molecule has 11 atom stereocenters. The molecule has 1 aromatic heterocycles. The van der Waals surface area contributed by atoms with Crippen LogP contribution in [-0.4, -0.2) is 71.2 Å². The molecule has 6 aliphatic rings. The third kappa shape index (κ3) is 6.72. The number of nitrogens with zero attached hydrogens (tertiary/aromatic N) is 3. The molecule has 5 fully saturated rings. The maximum Gasteiger partial charge on any atom is 0.306 e. The Balaban J connectivity index is 1.10. The lowest BCUT2D eigenvalue weighted by molar-refractivity contribution is -0.193. The molecular weight excluding hydrogens is 691 g/mol. The molecule has 11 unspecified atom stereocenters. The number of thiazole rings is 1. The summed E-state index contributed by atoms with van der Waals surface area (Å²) in [6, 6.07) is 0. The Kier molecular flexibility index (Phi) is 11.0. The normalized spacial score (nSPS) is 40.0. The molecule has 6 aliphatic carbocycles. The summed E-state index contributed by atoms with van der Waals surface area (Å²) in [6.07, 6.45) is 14.4. The minimum Gasteiger partial charge on any atom is -0.481 e. The molecule has 300 valence electrons. The largest absolute Gasteiger partial charge is 0.481 e. The van der Waals surface area contributed by atoms with Gasteiger partial charge in [0.05, 0.1) is 12.5 Å². The predicted octanol–water partition coefficient (Wildman–Crippen LogP) is 9.42. The summed E-state index contributed by atoms with van der Waals surface area (Å²) in [6.45, 7) is 20.7. The molecule has 0 radical (unpaired) electrons. The van der Waals surface area contributed by atoms with Gasteiger partial charge in [-0.2, -0.15) is 0 Å². The van der Waals surface area contributed by atoms with Crippen LogP contribution in [0.1, 0.15) is 131 Å². The van der Waals surface area contributed by atoms with Crippen LogP contribution in [0.5, 0.6) is 0 Å². The van der Waals surface area contributed by atoms with Gasteiger partial charge < -0.3 is 10.0 Å². The molecule has 54 heavy (non-hydrogen) atoms. The Morgan fingerprint density at radius 3 is 2.33 bits per heavy atom. The molecule has 8 heteroatoms. The minimum absolute atomic E-state index is 0.00357. The first kappa shape index (κ1) is 40.3. The number of allylic oxidation sites excluding steroid dienone is 2. The smallest absolute Gasteiger partial charge is 0.306 e. The van der Waals surface area contributed by atoms with Gasteiger partial charge in [-0.25, -0.2) is 4.98 Å². The second kappa shape index (κ2) is 14.8. The van der Waals surface area contributed by atoms with Gasteiger partial charge in [0.1, 0.15) is 10.8 Å². The molecule has 7 rings (SSSR count). The van der Waals surface area contributed by atoms with Gasteiger partial charge in [-0.15, -0.1) is 11.3 Å². The molecule has 5 saturated carbocycles. The van der Waals surface area contributed by atoms with E-state index in [0.717, 1.165) is 45.4 Å². The zero-order valence-corrected chi connectivity index (χ0v) is 35.9. The number of carboxylic acid groups (broad SMARTS) is 1. The Labute approximate surface area is 330 Å². The highest BCUT2D eigenvalue weighted by Crippen LogP contribution is 2.74. The van der Waals surface area contributed by atoms with Gasteiger partial charge in [0.15, 0.2) is 5.78 Å². The van der Waals surface area contributed by atoms with E-state index in [9.17, 15) is 19.5 Å². The molecule has 0 aliphatic heterocycles. The fourth-order valence-electron chi connectivity index (χ4n) is 14.6. The third-order valence-electron chi connectivity index (χ3n) is 17.6. The molecule has 0 spiro atoms. The number of Topliss-reactive ketones (excluding diaryl/α,β-unsaturated/α-hetero) is 2. The van der Waals surface area contributed by atoms with E-state index in [1.807, 2.05) is 13.1 Å². The standard InChI is InChI=1S/C46H71N3O4S/c1-28(2)40-36(51)26-46(18-20-49(22-21-48(8)9)27-39-47-19-23-54-39)17-13-34-31(41(40)46)10-11-38-44(34,6)16-14-37-43(4,5)30(12-15-45(37,38)7)24-35(50)32-25-33(29(32)3)42(52)53/h19,23,28-34,37-38H,10-18,20-22,24-27H2,1-9H3,(H,52,53). The number of aliphatic carboxylic acids is 1. The molecule has 0 aromatic carbocycles. The average Bonchev–Trinajstić information content (AvgIpc) is 3.71. The summed E-state index contributed by atoms with van der Waals surface area (Å²) < 4.78 is 0. The number of fused-ring (bicyclic) bond motifs is 7. The van der Waals surface area contributed by atoms with Crippen LogP contribution in [0, 0.1) is 74.9 Å². The first-order valence-corrected chi connectivity index (χ1v) is 22.6. The van der Waals surface area contributed by atoms with Gasteiger partial charge in [-0.05, 0) is 148 Å². The zero-order valence-electron chi connectivity index (χ0n) is 35.1. The van der Waals surface area contributed by atoms with Crippen LogP contribution in [0.15, 0.2) is 22.7 Å². The van der Waals surface area contributed by atoms with Crippen molar-refractivity contribution in [2.24, 2.45) is 74.9 Å². The van der Waals surface area contributed by atoms with Crippen LogP contribution in [0.25, 0.3) is 0 Å². The highest BCUT2D eigenvalue weighted by Gasteiger charge is 2.66. The van der Waals surface area contributed by atoms with Crippen molar-refractivity contribution < 1.29 is 19.5 Å². The third-order valence-corrected chi connectivity index (χ3v) is 18.3. The van der Waals surface area contributed by atoms with E-state index in [-0.39, 0.29) is 45.3 Å². The minimum atomic E-state index is -0.745. The number of likely N-dealkylation sites (N-methyl/N-ethyl adjacent to an activating group) is 1. The van der Waals surface area contributed by atoms with Crippen LogP contribution in [0.4, 0.5) is 0 Å². The number of aromatic nitrogens is 1. The highest BCUT2D eigenvalue weighted by atomic mass is 32.1. The summed E-state index contributed by atoms with van der Waals surface area (Å²) in [7, 11) is 4.31. The summed E-state index contributed by atoms with van der Waals surface area (Å²) >= 11 is 1.75. The van der Waals surface area contributed by atoms with Crippen LogP contribution in [0.3, 0.4) is 0 Å². The second-order valence-corrected chi connectivity index (χ2v) is 22.0. The van der Waals surface area contributed by atoms with Crippen molar-refractivity contribution in [3.05, 3.63) is 27.7 Å². The van der Waals surface area contributed by atoms with Gasteiger partial charge >= 0.3 is 5.97 Å². The Morgan fingerprint density at radius 2 is 1.69 bits per heavy atom. The van der Waals surface area contributed by atoms with Crippen molar-refractivity contribution in [3.8, 4) is 0 Å². The molecule has 1 N–H and O–H groups in total. The van der Waals surface area contributed by atoms with E-state index >= 15 is 0 Å². The second-order valence-electron chi connectivity index (χ2n) is 21.0. The van der Waals surface area contributed by atoms with Crippen LogP contribution < -0.4 is 0 Å². The van der Waals surface area contributed by atoms with Crippen LogP contribution >= 0.6 is 11.3 Å². The van der Waals surface area contributed by atoms with Crippen molar-refractivity contribution in [1.82, 2.24) is 14.8 Å². The van der Waals surface area contributed by atoms with Crippen molar-refractivity contribution >= 4 is 28.9 Å². The molecule has 0 saturated heterocycles. The fourth-order valence-corrected chi connectivity index (χ4v) is 15.3. The Morgan fingerprint density at radius 1 is 0.944 bits per heavy atom. The van der Waals surface area contributed by atoms with E-state index in [2.05, 4.69) is 75.8 Å². The van der Waals surface area contributed by atoms with Gasteiger partial charge in [-0.1, -0.05) is 54.0 Å². The lowest BCUT2D eigenvalue weighted by atomic mass is 9.35. The van der Waals surface area contributed by atoms with Gasteiger partial charge in [0.2, 0.25) is 0 Å². The number of carbonyl (C=O) groups excluding carboxylic acids is 2. The highest BCUT2D eigenvalue weighted by molar-refractivity contribution is 7.09. The van der Waals surface area contributed by atoms with Gasteiger partial charge in [-0.3, -0.25) is 19.3 Å². The summed E-state index contributed by atoms with van der Waals surface area (Å²) in [4.78, 5) is 48.9. The Bertz CT molecular complexity index is 1620. The lowest BCUT2D eigenvalue weighted by Crippen LogP contribution is -2.62. The summed E-state index contributed by atoms with van der Waals surface area (Å²) in [5.74, 6) is 2.56. The number of ketones is 2. The topological polar surface area (TPSA) is 90.8 Å². The zero-order chi connectivity index (χ0) is 39.0. The summed E-state index contributed by atoms with van der Waals surface area (Å²) in [5, 5.41) is 12.8. The van der Waals surface area contributed by atoms with Crippen molar-refractivity contribution in [3.63, 3.8) is 0 Å². The van der Waals surface area contributed by atoms with Gasteiger partial charge in [0.25, 0.3) is 0 Å². The monoisotopic (exact) mass is 762 g/mol. The number of hydrogen-bond donors (Lipinski definition) is 1. The summed E-state index contributed by atoms with van der Waals surface area (Å²) in [5.41, 5.74) is 3.38.